The summed E-state index contributed by atoms with van der Waals surface area (Å²) in [5, 5.41) is 0. The molecule has 0 N–H and O–H groups in total. The molecule has 5 nitrogen and oxygen atoms in total. The predicted molar refractivity (Wildman–Crippen MR) is 121 cm³/mol. The minimum absolute atomic E-state index is 0.170. The van der Waals surface area contributed by atoms with Crippen molar-refractivity contribution in [3.8, 4) is 5.75 Å². The summed E-state index contributed by atoms with van der Waals surface area (Å²) in [5.74, 6) is 1.17. The Morgan fingerprint density at radius 1 is 0.806 bits per heavy atom. The van der Waals surface area contributed by atoms with Crippen LogP contribution >= 0.6 is 0 Å². The summed E-state index contributed by atoms with van der Waals surface area (Å²) in [6.07, 6.45) is 6.03. The van der Waals surface area contributed by atoms with Crippen molar-refractivity contribution in [1.29, 1.82) is 0 Å². The van der Waals surface area contributed by atoms with Gasteiger partial charge in [0.2, 0.25) is 11.8 Å². The summed E-state index contributed by atoms with van der Waals surface area (Å²) in [6, 6.07) is 14.4. The molecule has 0 aromatic heterocycles. The predicted octanol–water partition coefficient (Wildman–Crippen LogP) is 3.42. The van der Waals surface area contributed by atoms with Gasteiger partial charge in [0, 0.05) is 32.6 Å². The van der Waals surface area contributed by atoms with Gasteiger partial charge in [0.15, 0.2) is 0 Å². The number of aryl methyl sites for hydroxylation is 3. The van der Waals surface area contributed by atoms with Crippen LogP contribution in [0.3, 0.4) is 0 Å². The number of methoxy groups -OCH3 is 1. The van der Waals surface area contributed by atoms with Gasteiger partial charge in [0.1, 0.15) is 5.75 Å². The Bertz CT molecular complexity index is 923. The van der Waals surface area contributed by atoms with E-state index in [4.69, 9.17) is 4.74 Å². The molecule has 1 aliphatic heterocycles. The first-order valence-corrected chi connectivity index (χ1v) is 11.4. The molecule has 0 unspecified atom stereocenters. The molecule has 0 spiro atoms. The lowest BCUT2D eigenvalue weighted by Gasteiger charge is -2.22. The standard InChI is InChI=1S/C26H32N2O3/c1-31-24-11-7-20(8-12-24)9-13-25(29)27-14-3-15-28(17-16-27)26(30)19-21-6-10-22-4-2-5-23(22)18-21/h6-8,10-12,18H,2-5,9,13-17,19H2,1H3. The lowest BCUT2D eigenvalue weighted by atomic mass is 10.0. The van der Waals surface area contributed by atoms with Crippen LogP contribution in [0.2, 0.25) is 0 Å². The third kappa shape index (κ3) is 5.46. The highest BCUT2D eigenvalue weighted by Crippen LogP contribution is 2.23. The van der Waals surface area contributed by atoms with Crippen LogP contribution in [0.1, 0.15) is 41.5 Å². The molecule has 31 heavy (non-hydrogen) atoms. The second-order valence-electron chi connectivity index (χ2n) is 8.60. The minimum atomic E-state index is 0.170. The van der Waals surface area contributed by atoms with Crippen molar-refractivity contribution in [2.45, 2.75) is 44.9 Å². The van der Waals surface area contributed by atoms with E-state index in [-0.39, 0.29) is 11.8 Å². The molecular weight excluding hydrogens is 388 g/mol. The first kappa shape index (κ1) is 21.4. The molecule has 2 aromatic carbocycles. The number of nitrogens with zero attached hydrogens (tertiary/aromatic N) is 2. The Morgan fingerprint density at radius 2 is 1.48 bits per heavy atom. The Hall–Kier alpha value is -2.82. The maximum atomic E-state index is 12.9. The summed E-state index contributed by atoms with van der Waals surface area (Å²) in [6.45, 7) is 2.70. The average molecular weight is 421 g/mol. The molecule has 5 heteroatoms. The first-order chi connectivity index (χ1) is 15.1. The van der Waals surface area contributed by atoms with Crippen molar-refractivity contribution in [2.75, 3.05) is 33.3 Å². The quantitative estimate of drug-likeness (QED) is 0.720. The van der Waals surface area contributed by atoms with Gasteiger partial charge >= 0.3 is 0 Å². The highest BCUT2D eigenvalue weighted by molar-refractivity contribution is 5.79. The summed E-state index contributed by atoms with van der Waals surface area (Å²) in [7, 11) is 1.65. The largest absolute Gasteiger partial charge is 0.497 e. The summed E-state index contributed by atoms with van der Waals surface area (Å²) >= 11 is 0. The van der Waals surface area contributed by atoms with Gasteiger partial charge in [0.25, 0.3) is 0 Å². The normalized spacial score (nSPS) is 16.0. The molecule has 4 rings (SSSR count). The monoisotopic (exact) mass is 420 g/mol. The number of fused-ring (bicyclic) bond motifs is 1. The summed E-state index contributed by atoms with van der Waals surface area (Å²) in [5.41, 5.74) is 5.10. The van der Waals surface area contributed by atoms with Gasteiger partial charge in [-0.05, 0) is 66.5 Å². The number of carbonyl (C=O) groups excluding carboxylic acids is 2. The van der Waals surface area contributed by atoms with Crippen molar-refractivity contribution in [3.63, 3.8) is 0 Å². The average Bonchev–Trinajstić information content (AvgIpc) is 3.11. The van der Waals surface area contributed by atoms with Gasteiger partial charge in [0.05, 0.1) is 13.5 Å². The molecule has 0 saturated carbocycles. The van der Waals surface area contributed by atoms with Crippen LogP contribution in [0.4, 0.5) is 0 Å². The zero-order valence-corrected chi connectivity index (χ0v) is 18.4. The van der Waals surface area contributed by atoms with Crippen LogP contribution in [0.15, 0.2) is 42.5 Å². The van der Waals surface area contributed by atoms with E-state index >= 15 is 0 Å². The van der Waals surface area contributed by atoms with Crippen LogP contribution in [0.5, 0.6) is 5.75 Å². The zero-order chi connectivity index (χ0) is 21.6. The van der Waals surface area contributed by atoms with Crippen molar-refractivity contribution in [2.24, 2.45) is 0 Å². The number of rotatable bonds is 6. The van der Waals surface area contributed by atoms with Gasteiger partial charge in [-0.3, -0.25) is 9.59 Å². The minimum Gasteiger partial charge on any atom is -0.497 e. The fraction of sp³-hybridized carbons (Fsp3) is 0.462. The molecule has 2 aromatic rings. The second-order valence-corrected chi connectivity index (χ2v) is 8.60. The van der Waals surface area contributed by atoms with Crippen molar-refractivity contribution in [1.82, 2.24) is 9.80 Å². The van der Waals surface area contributed by atoms with Crippen LogP contribution in [0.25, 0.3) is 0 Å². The number of ether oxygens (including phenoxy) is 1. The van der Waals surface area contributed by atoms with Crippen LogP contribution in [-0.4, -0.2) is 54.9 Å². The topological polar surface area (TPSA) is 49.9 Å². The van der Waals surface area contributed by atoms with E-state index in [0.29, 0.717) is 25.9 Å². The van der Waals surface area contributed by atoms with Crippen molar-refractivity contribution in [3.05, 3.63) is 64.7 Å². The molecule has 164 valence electrons. The number of hydrogen-bond donors (Lipinski definition) is 0. The molecule has 2 aliphatic rings. The molecule has 1 fully saturated rings. The Morgan fingerprint density at radius 3 is 2.23 bits per heavy atom. The van der Waals surface area contributed by atoms with E-state index in [1.54, 1.807) is 7.11 Å². The Labute approximate surface area is 185 Å². The molecule has 0 radical (unpaired) electrons. The number of hydrogen-bond acceptors (Lipinski definition) is 3. The van der Waals surface area contributed by atoms with E-state index in [1.807, 2.05) is 34.1 Å². The van der Waals surface area contributed by atoms with Crippen LogP contribution in [0, 0.1) is 0 Å². The third-order valence-corrected chi connectivity index (χ3v) is 6.51. The maximum absolute atomic E-state index is 12.9. The second kappa shape index (κ2) is 9.99. The van der Waals surface area contributed by atoms with Gasteiger partial charge < -0.3 is 14.5 Å². The van der Waals surface area contributed by atoms with E-state index in [2.05, 4.69) is 18.2 Å². The third-order valence-electron chi connectivity index (χ3n) is 6.51. The SMILES string of the molecule is COc1ccc(CCC(=O)N2CCCN(C(=O)Cc3ccc4c(c3)CCC4)CC2)cc1. The molecule has 0 bridgehead atoms. The number of amides is 2. The van der Waals surface area contributed by atoms with Crippen molar-refractivity contribution < 1.29 is 14.3 Å². The van der Waals surface area contributed by atoms with Gasteiger partial charge in [-0.25, -0.2) is 0 Å². The molecule has 1 aliphatic carbocycles. The molecule has 1 saturated heterocycles. The zero-order valence-electron chi connectivity index (χ0n) is 18.4. The highest BCUT2D eigenvalue weighted by atomic mass is 16.5. The first-order valence-electron chi connectivity index (χ1n) is 11.4. The Kier molecular flexibility index (Phi) is 6.90. The molecule has 1 heterocycles. The van der Waals surface area contributed by atoms with Crippen LogP contribution in [-0.2, 0) is 35.3 Å². The van der Waals surface area contributed by atoms with Crippen LogP contribution < -0.4 is 4.74 Å². The lowest BCUT2D eigenvalue weighted by molar-refractivity contribution is -0.133. The lowest BCUT2D eigenvalue weighted by Crippen LogP contribution is -2.38. The molecule has 2 amide bonds. The van der Waals surface area contributed by atoms with E-state index in [9.17, 15) is 9.59 Å². The smallest absolute Gasteiger partial charge is 0.227 e. The van der Waals surface area contributed by atoms with E-state index in [0.717, 1.165) is 55.6 Å². The number of benzene rings is 2. The summed E-state index contributed by atoms with van der Waals surface area (Å²) in [4.78, 5) is 29.5. The molecular formula is C26H32N2O3. The van der Waals surface area contributed by atoms with Crippen molar-refractivity contribution >= 4 is 11.8 Å². The maximum Gasteiger partial charge on any atom is 0.227 e. The van der Waals surface area contributed by atoms with Gasteiger partial charge in [-0.15, -0.1) is 0 Å². The van der Waals surface area contributed by atoms with Gasteiger partial charge in [-0.2, -0.15) is 0 Å². The highest BCUT2D eigenvalue weighted by Gasteiger charge is 2.22. The molecule has 0 atom stereocenters. The fourth-order valence-corrected chi connectivity index (χ4v) is 4.64. The Balaban J connectivity index is 1.26. The fourth-order valence-electron chi connectivity index (χ4n) is 4.64. The van der Waals surface area contributed by atoms with E-state index in [1.165, 1.54) is 17.5 Å². The van der Waals surface area contributed by atoms with E-state index < -0.39 is 0 Å². The number of carbonyl (C=O) groups is 2. The summed E-state index contributed by atoms with van der Waals surface area (Å²) < 4.78 is 5.18. The van der Waals surface area contributed by atoms with Gasteiger partial charge in [-0.1, -0.05) is 30.3 Å².